The number of amides is 1. The predicted molar refractivity (Wildman–Crippen MR) is 98.9 cm³/mol. The van der Waals surface area contributed by atoms with Crippen molar-refractivity contribution in [2.75, 3.05) is 20.6 Å². The number of carbonyl (C=O) groups excluding carboxylic acids is 1. The summed E-state index contributed by atoms with van der Waals surface area (Å²) in [7, 11) is 3.96. The molecule has 3 N–H and O–H groups in total. The maximum Gasteiger partial charge on any atom is 0.254 e. The number of hydrogen-bond donors (Lipinski definition) is 2. The van der Waals surface area contributed by atoms with Crippen molar-refractivity contribution in [1.29, 1.82) is 0 Å². The van der Waals surface area contributed by atoms with Crippen LogP contribution in [0.15, 0.2) is 35.0 Å². The van der Waals surface area contributed by atoms with Crippen LogP contribution in [0.2, 0.25) is 0 Å². The van der Waals surface area contributed by atoms with Gasteiger partial charge in [0.05, 0.1) is 17.1 Å². The van der Waals surface area contributed by atoms with Gasteiger partial charge in [-0.3, -0.25) is 4.79 Å². The van der Waals surface area contributed by atoms with Gasteiger partial charge in [-0.15, -0.1) is 0 Å². The summed E-state index contributed by atoms with van der Waals surface area (Å²) in [4.78, 5) is 17.1. The van der Waals surface area contributed by atoms with E-state index in [0.29, 0.717) is 5.56 Å². The third kappa shape index (κ3) is 2.47. The number of phenolic OH excluding ortho intramolecular Hbond substituents is 1. The van der Waals surface area contributed by atoms with Crippen LogP contribution in [-0.4, -0.2) is 53.5 Å². The highest BCUT2D eigenvalue weighted by Crippen LogP contribution is 2.44. The van der Waals surface area contributed by atoms with Crippen molar-refractivity contribution in [3.63, 3.8) is 0 Å². The molecule has 2 aliphatic rings. The fourth-order valence-electron chi connectivity index (χ4n) is 4.54. The van der Waals surface area contributed by atoms with Crippen LogP contribution in [0.3, 0.4) is 0 Å². The average molecular weight is 357 g/mol. The van der Waals surface area contributed by atoms with E-state index in [1.54, 1.807) is 12.1 Å². The van der Waals surface area contributed by atoms with Crippen LogP contribution < -0.4 is 5.73 Å². The van der Waals surface area contributed by atoms with E-state index in [1.165, 1.54) is 16.9 Å². The van der Waals surface area contributed by atoms with Crippen molar-refractivity contribution < 1.29 is 9.90 Å². The summed E-state index contributed by atoms with van der Waals surface area (Å²) in [6.45, 7) is 0.882. The zero-order valence-corrected chi connectivity index (χ0v) is 15.3. The molecular formula is C19H23N3O2S. The lowest BCUT2D eigenvalue weighted by atomic mass is 9.66. The molecule has 132 valence electrons. The van der Waals surface area contributed by atoms with Crippen LogP contribution in [0.1, 0.15) is 27.9 Å². The molecule has 25 heavy (non-hydrogen) atoms. The molecule has 2 aromatic rings. The number of benzene rings is 1. The Hall–Kier alpha value is -1.89. The molecule has 1 aromatic carbocycles. The van der Waals surface area contributed by atoms with Crippen molar-refractivity contribution in [3.05, 3.63) is 51.7 Å². The summed E-state index contributed by atoms with van der Waals surface area (Å²) in [6.07, 6.45) is 1.58. The number of fused-ring (bicyclic) bond motifs is 4. The first-order chi connectivity index (χ1) is 11.9. The van der Waals surface area contributed by atoms with Gasteiger partial charge in [0.25, 0.3) is 5.91 Å². The Morgan fingerprint density at radius 2 is 2.24 bits per heavy atom. The fourth-order valence-corrected chi connectivity index (χ4v) is 5.17. The molecule has 1 unspecified atom stereocenters. The molecule has 2 bridgehead atoms. The number of thiophene rings is 1. The number of likely N-dealkylation sites (tertiary alicyclic amines) is 1. The Labute approximate surface area is 151 Å². The third-order valence-corrected chi connectivity index (χ3v) is 6.55. The topological polar surface area (TPSA) is 69.8 Å². The molecular weight excluding hydrogens is 334 g/mol. The van der Waals surface area contributed by atoms with E-state index in [1.807, 2.05) is 34.8 Å². The number of aromatic hydroxyl groups is 1. The molecule has 3 atom stereocenters. The molecule has 1 aromatic heterocycles. The quantitative estimate of drug-likeness (QED) is 0.863. The predicted octanol–water partition coefficient (Wildman–Crippen LogP) is 2.01. The lowest BCUT2D eigenvalue weighted by Gasteiger charge is -2.56. The second-order valence-corrected chi connectivity index (χ2v) is 8.04. The van der Waals surface area contributed by atoms with Crippen LogP contribution in [0.5, 0.6) is 5.75 Å². The van der Waals surface area contributed by atoms with E-state index < -0.39 is 5.54 Å². The maximum absolute atomic E-state index is 13.0. The summed E-state index contributed by atoms with van der Waals surface area (Å²) in [5, 5.41) is 13.8. The molecule has 1 aliphatic heterocycles. The highest BCUT2D eigenvalue weighted by Gasteiger charge is 2.53. The van der Waals surface area contributed by atoms with E-state index in [0.717, 1.165) is 24.9 Å². The molecule has 1 saturated heterocycles. The molecule has 0 radical (unpaired) electrons. The van der Waals surface area contributed by atoms with Crippen molar-refractivity contribution in [1.82, 2.24) is 9.80 Å². The minimum Gasteiger partial charge on any atom is -0.508 e. The summed E-state index contributed by atoms with van der Waals surface area (Å²) >= 11 is 1.52. The van der Waals surface area contributed by atoms with Crippen molar-refractivity contribution in [2.45, 2.75) is 30.5 Å². The Morgan fingerprint density at radius 1 is 1.44 bits per heavy atom. The van der Waals surface area contributed by atoms with E-state index in [2.05, 4.69) is 11.9 Å². The number of nitrogens with zero attached hydrogens (tertiary/aromatic N) is 2. The number of carbonyl (C=O) groups is 1. The van der Waals surface area contributed by atoms with Gasteiger partial charge in [-0.05, 0) is 54.6 Å². The minimum absolute atomic E-state index is 0.00461. The third-order valence-electron chi connectivity index (χ3n) is 5.87. The molecule has 5 nitrogen and oxygen atoms in total. The standard InChI is InChI=1S/C19H23N3O2S/c1-21-7-6-19(20)15-10-14(23)4-3-12(15)9-16(21)17(19)22(2)18(24)13-5-8-25-11-13/h3-5,8,10-11,16-17,23H,6-7,9,20H2,1-2H3/t16-,17?,19-/m1/s1. The van der Waals surface area contributed by atoms with Crippen molar-refractivity contribution >= 4 is 17.2 Å². The number of likely N-dealkylation sites (N-methyl/N-ethyl adjacent to an activating group) is 2. The SMILES string of the molecule is CN(C(=O)c1ccsc1)C1[C@H]2Cc3ccc(O)cc3[C@]1(N)CCN2C. The maximum atomic E-state index is 13.0. The van der Waals surface area contributed by atoms with E-state index in [4.69, 9.17) is 5.73 Å². The first kappa shape index (κ1) is 16.6. The molecule has 6 heteroatoms. The number of rotatable bonds is 2. The van der Waals surface area contributed by atoms with Gasteiger partial charge < -0.3 is 20.6 Å². The monoisotopic (exact) mass is 357 g/mol. The van der Waals surface area contributed by atoms with Gasteiger partial charge in [0.1, 0.15) is 5.75 Å². The van der Waals surface area contributed by atoms with E-state index >= 15 is 0 Å². The Bertz CT molecular complexity index is 807. The molecule has 4 rings (SSSR count). The average Bonchev–Trinajstić information content (AvgIpc) is 3.12. The zero-order valence-electron chi connectivity index (χ0n) is 14.5. The molecule has 1 fully saturated rings. The molecule has 1 aliphatic carbocycles. The second kappa shape index (κ2) is 5.83. The first-order valence-corrected chi connectivity index (χ1v) is 9.47. The molecule has 0 saturated carbocycles. The van der Waals surface area contributed by atoms with Gasteiger partial charge in [-0.1, -0.05) is 6.07 Å². The molecule has 2 heterocycles. The first-order valence-electron chi connectivity index (χ1n) is 8.52. The van der Waals surface area contributed by atoms with Gasteiger partial charge in [0, 0.05) is 25.0 Å². The van der Waals surface area contributed by atoms with Crippen LogP contribution in [0.4, 0.5) is 0 Å². The summed E-state index contributed by atoms with van der Waals surface area (Å²) in [6, 6.07) is 7.37. The highest BCUT2D eigenvalue weighted by molar-refractivity contribution is 7.08. The van der Waals surface area contributed by atoms with Crippen molar-refractivity contribution in [2.24, 2.45) is 5.73 Å². The van der Waals surface area contributed by atoms with Gasteiger partial charge in [-0.2, -0.15) is 11.3 Å². The van der Waals surface area contributed by atoms with Crippen LogP contribution in [-0.2, 0) is 12.0 Å². The van der Waals surface area contributed by atoms with Crippen LogP contribution >= 0.6 is 11.3 Å². The summed E-state index contributed by atoms with van der Waals surface area (Å²) < 4.78 is 0. The molecule has 1 amide bonds. The van der Waals surface area contributed by atoms with Gasteiger partial charge in [0.15, 0.2) is 0 Å². The van der Waals surface area contributed by atoms with Gasteiger partial charge in [0.2, 0.25) is 0 Å². The van der Waals surface area contributed by atoms with Crippen LogP contribution in [0.25, 0.3) is 0 Å². The Morgan fingerprint density at radius 3 is 2.96 bits per heavy atom. The largest absolute Gasteiger partial charge is 0.508 e. The number of hydrogen-bond acceptors (Lipinski definition) is 5. The number of piperidine rings is 1. The summed E-state index contributed by atoms with van der Waals surface area (Å²) in [5.41, 5.74) is 9.16. The molecule has 0 spiro atoms. The van der Waals surface area contributed by atoms with E-state index in [-0.39, 0.29) is 23.7 Å². The number of nitrogens with two attached hydrogens (primary N) is 1. The lowest BCUT2D eigenvalue weighted by molar-refractivity contribution is 0.000986. The fraction of sp³-hybridized carbons (Fsp3) is 0.421. The highest BCUT2D eigenvalue weighted by atomic mass is 32.1. The van der Waals surface area contributed by atoms with Gasteiger partial charge in [-0.25, -0.2) is 0 Å². The number of phenols is 1. The van der Waals surface area contributed by atoms with Crippen molar-refractivity contribution in [3.8, 4) is 5.75 Å². The Balaban J connectivity index is 1.80. The van der Waals surface area contributed by atoms with Gasteiger partial charge >= 0.3 is 0 Å². The lowest BCUT2D eigenvalue weighted by Crippen LogP contribution is -2.71. The summed E-state index contributed by atoms with van der Waals surface area (Å²) in [5.74, 6) is 0.233. The normalized spacial score (nSPS) is 28.4. The Kier molecular flexibility index (Phi) is 3.86. The van der Waals surface area contributed by atoms with E-state index in [9.17, 15) is 9.90 Å². The second-order valence-electron chi connectivity index (χ2n) is 7.26. The minimum atomic E-state index is -0.649. The zero-order chi connectivity index (χ0) is 17.8. The smallest absolute Gasteiger partial charge is 0.254 e. The van der Waals surface area contributed by atoms with Crippen LogP contribution in [0, 0.1) is 0 Å².